The van der Waals surface area contributed by atoms with Crippen molar-refractivity contribution < 1.29 is 28.7 Å². The summed E-state index contributed by atoms with van der Waals surface area (Å²) in [7, 11) is 0. The first-order valence-electron chi connectivity index (χ1n) is 18.9. The van der Waals surface area contributed by atoms with E-state index in [1.807, 2.05) is 70.7 Å². The van der Waals surface area contributed by atoms with Gasteiger partial charge in [-0.2, -0.15) is 0 Å². The zero-order valence-electron chi connectivity index (χ0n) is 32.0. The molecule has 4 aromatic heterocycles. The van der Waals surface area contributed by atoms with Gasteiger partial charge < -0.3 is 24.7 Å². The highest BCUT2D eigenvalue weighted by atomic mass is 35.5. The SMILES string of the molecule is Cc1sc2c(c1C)C(c1ccc(Cl)cc1)=N[C@@H](CC(=O)NCCOCCOC(=O)NCc1cccc3c1c1cccnc1n3C1CCC(=O)NC1=O)c1nnc(C)n1-2. The molecule has 6 heterocycles. The lowest BCUT2D eigenvalue weighted by Gasteiger charge is -2.23. The Kier molecular flexibility index (Phi) is 11.0. The molecule has 2 atom stereocenters. The van der Waals surface area contributed by atoms with Gasteiger partial charge in [-0.1, -0.05) is 35.9 Å². The van der Waals surface area contributed by atoms with E-state index in [-0.39, 0.29) is 63.5 Å². The second kappa shape index (κ2) is 16.5. The van der Waals surface area contributed by atoms with Crippen LogP contribution in [0.5, 0.6) is 0 Å². The largest absolute Gasteiger partial charge is 0.447 e. The summed E-state index contributed by atoms with van der Waals surface area (Å²) in [6, 6.07) is 15.8. The van der Waals surface area contributed by atoms with Crippen molar-refractivity contribution in [3.63, 3.8) is 0 Å². The topological polar surface area (TPSA) is 184 Å². The van der Waals surface area contributed by atoms with Gasteiger partial charge in [-0.05, 0) is 68.7 Å². The van der Waals surface area contributed by atoms with Crippen molar-refractivity contribution in [1.82, 2.24) is 40.3 Å². The predicted octanol–water partition coefficient (Wildman–Crippen LogP) is 5.73. The van der Waals surface area contributed by atoms with E-state index in [9.17, 15) is 19.2 Å². The molecule has 0 saturated carbocycles. The molecular formula is C41H40ClN9O6S. The second-order valence-electron chi connectivity index (χ2n) is 14.1. The van der Waals surface area contributed by atoms with Crippen molar-refractivity contribution in [2.45, 2.75) is 58.7 Å². The van der Waals surface area contributed by atoms with Gasteiger partial charge in [0.25, 0.3) is 0 Å². The van der Waals surface area contributed by atoms with Gasteiger partial charge >= 0.3 is 6.09 Å². The van der Waals surface area contributed by atoms with Crippen LogP contribution in [-0.4, -0.2) is 80.2 Å². The molecule has 0 bridgehead atoms. The number of ether oxygens (including phenoxy) is 2. The number of pyridine rings is 1. The number of rotatable bonds is 12. The monoisotopic (exact) mass is 821 g/mol. The molecule has 4 amide bonds. The van der Waals surface area contributed by atoms with Crippen LogP contribution in [0.2, 0.25) is 5.02 Å². The second-order valence-corrected chi connectivity index (χ2v) is 15.7. The lowest BCUT2D eigenvalue weighted by molar-refractivity contribution is -0.135. The number of fused-ring (bicyclic) bond motifs is 6. The molecule has 1 unspecified atom stereocenters. The van der Waals surface area contributed by atoms with E-state index in [1.165, 1.54) is 0 Å². The Labute approximate surface area is 341 Å². The number of hydrogen-bond donors (Lipinski definition) is 3. The number of aryl methyl sites for hydroxylation is 2. The minimum Gasteiger partial charge on any atom is -0.447 e. The minimum absolute atomic E-state index is 0.00497. The molecule has 298 valence electrons. The van der Waals surface area contributed by atoms with Crippen LogP contribution < -0.4 is 16.0 Å². The van der Waals surface area contributed by atoms with Crippen molar-refractivity contribution in [1.29, 1.82) is 0 Å². The maximum Gasteiger partial charge on any atom is 0.407 e. The van der Waals surface area contributed by atoms with Gasteiger partial charge in [0.1, 0.15) is 35.2 Å². The van der Waals surface area contributed by atoms with Gasteiger partial charge in [-0.25, -0.2) is 9.78 Å². The Morgan fingerprint density at radius 3 is 2.64 bits per heavy atom. The third-order valence-corrected chi connectivity index (χ3v) is 11.8. The van der Waals surface area contributed by atoms with Crippen molar-refractivity contribution >= 4 is 74.4 Å². The molecule has 15 nitrogen and oxygen atoms in total. The number of nitrogens with one attached hydrogen (secondary N) is 3. The third kappa shape index (κ3) is 7.57. The van der Waals surface area contributed by atoms with Gasteiger partial charge in [0.05, 0.1) is 30.9 Å². The number of amides is 4. The fourth-order valence-corrected chi connectivity index (χ4v) is 8.88. The number of benzene rings is 2. The number of alkyl carbamates (subject to hydrolysis) is 1. The number of nitrogens with zero attached hydrogens (tertiary/aromatic N) is 6. The lowest BCUT2D eigenvalue weighted by Crippen LogP contribution is -2.41. The molecule has 2 aliphatic heterocycles. The van der Waals surface area contributed by atoms with Crippen LogP contribution in [-0.2, 0) is 30.4 Å². The van der Waals surface area contributed by atoms with E-state index in [2.05, 4.69) is 45.0 Å². The first-order valence-corrected chi connectivity index (χ1v) is 20.1. The molecule has 0 spiro atoms. The molecule has 0 radical (unpaired) electrons. The first kappa shape index (κ1) is 38.9. The lowest BCUT2D eigenvalue weighted by atomic mass is 9.99. The molecule has 8 rings (SSSR count). The van der Waals surface area contributed by atoms with Crippen molar-refractivity contribution in [2.75, 3.05) is 26.4 Å². The molecule has 1 saturated heterocycles. The van der Waals surface area contributed by atoms with E-state index >= 15 is 0 Å². The quantitative estimate of drug-likeness (QED) is 0.103. The van der Waals surface area contributed by atoms with Crippen LogP contribution in [0.4, 0.5) is 4.79 Å². The Balaban J connectivity index is 0.835. The van der Waals surface area contributed by atoms with Crippen molar-refractivity contribution in [3.05, 3.63) is 105 Å². The fraction of sp³-hybridized carbons (Fsp3) is 0.317. The number of aliphatic imine (C=N–C) groups is 1. The first-order chi connectivity index (χ1) is 28.1. The number of thiophene rings is 1. The highest BCUT2D eigenvalue weighted by molar-refractivity contribution is 7.15. The van der Waals surface area contributed by atoms with Gasteiger partial charge in [-0.15, -0.1) is 21.5 Å². The molecule has 6 aromatic rings. The van der Waals surface area contributed by atoms with Crippen LogP contribution in [0.1, 0.15) is 70.1 Å². The number of aromatic nitrogens is 5. The molecule has 58 heavy (non-hydrogen) atoms. The molecule has 2 aliphatic rings. The van der Waals surface area contributed by atoms with E-state index in [0.29, 0.717) is 28.7 Å². The van der Waals surface area contributed by atoms with Crippen molar-refractivity contribution in [2.24, 2.45) is 4.99 Å². The summed E-state index contributed by atoms with van der Waals surface area (Å²) in [5.74, 6) is 0.431. The number of carbonyl (C=O) groups is 4. The van der Waals surface area contributed by atoms with Gasteiger partial charge in [0.2, 0.25) is 17.7 Å². The summed E-state index contributed by atoms with van der Waals surface area (Å²) < 4.78 is 14.9. The van der Waals surface area contributed by atoms with E-state index < -0.39 is 18.2 Å². The Morgan fingerprint density at radius 2 is 1.83 bits per heavy atom. The van der Waals surface area contributed by atoms with Crippen LogP contribution in [0.15, 0.2) is 65.8 Å². The number of halogens is 1. The van der Waals surface area contributed by atoms with E-state index in [0.717, 1.165) is 54.1 Å². The summed E-state index contributed by atoms with van der Waals surface area (Å²) in [5.41, 5.74) is 5.99. The number of carbonyl (C=O) groups excluding carboxylic acids is 4. The molecule has 2 aromatic carbocycles. The normalized spacial score (nSPS) is 16.4. The minimum atomic E-state index is -0.620. The van der Waals surface area contributed by atoms with Crippen LogP contribution in [0, 0.1) is 20.8 Å². The Morgan fingerprint density at radius 1 is 1.00 bits per heavy atom. The van der Waals surface area contributed by atoms with E-state index in [1.54, 1.807) is 17.5 Å². The maximum atomic E-state index is 13.3. The number of imide groups is 1. The highest BCUT2D eigenvalue weighted by Crippen LogP contribution is 2.40. The Hall–Kier alpha value is -5.97. The zero-order valence-corrected chi connectivity index (χ0v) is 33.6. The average molecular weight is 822 g/mol. The summed E-state index contributed by atoms with van der Waals surface area (Å²) in [4.78, 5) is 61.5. The summed E-state index contributed by atoms with van der Waals surface area (Å²) in [6.45, 7) is 6.81. The van der Waals surface area contributed by atoms with Crippen LogP contribution in [0.25, 0.3) is 26.9 Å². The summed E-state index contributed by atoms with van der Waals surface area (Å²) in [6.07, 6.45) is 1.70. The maximum absolute atomic E-state index is 13.3. The van der Waals surface area contributed by atoms with Crippen molar-refractivity contribution in [3.8, 4) is 5.00 Å². The predicted molar refractivity (Wildman–Crippen MR) is 219 cm³/mol. The fourth-order valence-electron chi connectivity index (χ4n) is 7.54. The summed E-state index contributed by atoms with van der Waals surface area (Å²) in [5, 5.41) is 20.2. The molecule has 17 heteroatoms. The van der Waals surface area contributed by atoms with Crippen LogP contribution in [0.3, 0.4) is 0 Å². The molecular weight excluding hydrogens is 782 g/mol. The van der Waals surface area contributed by atoms with E-state index in [4.69, 9.17) is 26.1 Å². The smallest absolute Gasteiger partial charge is 0.407 e. The van der Waals surface area contributed by atoms with Gasteiger partial charge in [-0.3, -0.25) is 29.3 Å². The average Bonchev–Trinajstić information content (AvgIpc) is 3.82. The summed E-state index contributed by atoms with van der Waals surface area (Å²) >= 11 is 7.87. The zero-order chi connectivity index (χ0) is 40.5. The molecule has 1 fully saturated rings. The third-order valence-electron chi connectivity index (χ3n) is 10.4. The highest BCUT2D eigenvalue weighted by Gasteiger charge is 2.33. The molecule has 0 aliphatic carbocycles. The molecule has 3 N–H and O–H groups in total. The standard InChI is InChI=1S/C41H40ClN9O6S/c1-22-23(2)58-40-34(22)36(25-9-11-27(42)12-10-25)46-29(38-49-48-24(3)50(38)40)20-33(53)43-16-17-56-18-19-57-41(55)45-21-26-6-4-8-30-35(26)28-7-5-15-44-37(28)51(30)31-13-14-32(52)47-39(31)54/h4-12,15,29,31H,13-14,16-21H2,1-3H3,(H,43,53)(H,45,55)(H,47,52,54)/t29-,31?/m0/s1. The number of piperidine rings is 1. The Bertz CT molecular complexity index is 2610. The van der Waals surface area contributed by atoms with Crippen LogP contribution >= 0.6 is 22.9 Å². The van der Waals surface area contributed by atoms with Gasteiger partial charge in [0.15, 0.2) is 5.82 Å². The number of hydrogen-bond acceptors (Lipinski definition) is 11. The van der Waals surface area contributed by atoms with Gasteiger partial charge in [0, 0.05) is 57.5 Å².